The summed E-state index contributed by atoms with van der Waals surface area (Å²) in [4.78, 5) is 13.4. The Balaban J connectivity index is 1.33. The third-order valence-corrected chi connectivity index (χ3v) is 6.39. The van der Waals surface area contributed by atoms with Gasteiger partial charge in [0, 0.05) is 5.56 Å². The minimum atomic E-state index is -0.318. The van der Waals surface area contributed by atoms with E-state index in [0.717, 1.165) is 33.3 Å². The lowest BCUT2D eigenvalue weighted by molar-refractivity contribution is 0.0937. The van der Waals surface area contributed by atoms with Crippen LogP contribution in [0.4, 0.5) is 0 Å². The van der Waals surface area contributed by atoms with Crippen molar-refractivity contribution >= 4 is 16.8 Å². The van der Waals surface area contributed by atoms with Crippen LogP contribution in [0.3, 0.4) is 0 Å². The normalized spacial score (nSPS) is 11.2. The highest BCUT2D eigenvalue weighted by Gasteiger charge is 2.23. The Kier molecular flexibility index (Phi) is 5.78. The van der Waals surface area contributed by atoms with Crippen LogP contribution in [0.25, 0.3) is 27.9 Å². The first-order chi connectivity index (χ1) is 18.2. The summed E-state index contributed by atoms with van der Waals surface area (Å²) >= 11 is 0. The first-order valence-corrected chi connectivity index (χ1v) is 12.0. The van der Waals surface area contributed by atoms with E-state index in [1.165, 1.54) is 0 Å². The summed E-state index contributed by atoms with van der Waals surface area (Å²) in [6.45, 7) is 1.84. The van der Waals surface area contributed by atoms with Crippen molar-refractivity contribution in [3.63, 3.8) is 0 Å². The Bertz CT molecular complexity index is 1640. The number of carbonyl (C=O) groups is 1. The van der Waals surface area contributed by atoms with Gasteiger partial charge in [0.2, 0.25) is 0 Å². The molecule has 0 fully saturated rings. The largest absolute Gasteiger partial charge is 0.355 e. The van der Waals surface area contributed by atoms with Crippen LogP contribution in [-0.4, -0.2) is 26.1 Å². The van der Waals surface area contributed by atoms with Crippen molar-refractivity contribution < 1.29 is 9.32 Å². The minimum absolute atomic E-state index is 0.269. The highest BCUT2D eigenvalue weighted by atomic mass is 16.5. The summed E-state index contributed by atoms with van der Waals surface area (Å²) in [5, 5.41) is 16.7. The van der Waals surface area contributed by atoms with Crippen molar-refractivity contribution in [3.05, 3.63) is 132 Å². The molecule has 0 atom stereocenters. The second-order valence-electron chi connectivity index (χ2n) is 8.74. The molecule has 1 N–H and O–H groups in total. The zero-order valence-electron chi connectivity index (χ0n) is 20.1. The molecule has 0 aliphatic rings. The molecule has 0 aliphatic heterocycles. The van der Waals surface area contributed by atoms with Gasteiger partial charge in [0.15, 0.2) is 11.5 Å². The molecule has 0 radical (unpaired) electrons. The van der Waals surface area contributed by atoms with Crippen LogP contribution >= 0.6 is 0 Å². The van der Waals surface area contributed by atoms with Crippen molar-refractivity contribution in [1.82, 2.24) is 25.5 Å². The number of benzene rings is 4. The number of fused-ring (bicyclic) bond motifs is 1. The number of hydrogen-bond donors (Lipinski definition) is 1. The van der Waals surface area contributed by atoms with Gasteiger partial charge < -0.3 is 9.84 Å². The van der Waals surface area contributed by atoms with Gasteiger partial charge in [-0.1, -0.05) is 101 Å². The van der Waals surface area contributed by atoms with Crippen LogP contribution in [0.5, 0.6) is 0 Å². The van der Waals surface area contributed by atoms with Crippen LogP contribution in [0.1, 0.15) is 33.4 Å². The molecule has 0 bridgehead atoms. The zero-order chi connectivity index (χ0) is 25.2. The van der Waals surface area contributed by atoms with E-state index in [-0.39, 0.29) is 17.6 Å². The van der Waals surface area contributed by atoms with E-state index in [4.69, 9.17) is 4.52 Å². The van der Waals surface area contributed by atoms with Crippen LogP contribution in [0.2, 0.25) is 0 Å². The average molecular weight is 486 g/mol. The predicted octanol–water partition coefficient (Wildman–Crippen LogP) is 5.90. The lowest BCUT2D eigenvalue weighted by atomic mass is 9.98. The van der Waals surface area contributed by atoms with Crippen molar-refractivity contribution in [2.75, 3.05) is 0 Å². The second-order valence-corrected chi connectivity index (χ2v) is 8.74. The van der Waals surface area contributed by atoms with Gasteiger partial charge in [-0.3, -0.25) is 4.79 Å². The second kappa shape index (κ2) is 9.54. The number of nitrogens with one attached hydrogen (secondary N) is 1. The first-order valence-electron chi connectivity index (χ1n) is 12.0. The first kappa shape index (κ1) is 22.4. The van der Waals surface area contributed by atoms with Gasteiger partial charge in [0.05, 0.1) is 22.8 Å². The van der Waals surface area contributed by atoms with E-state index in [0.29, 0.717) is 11.5 Å². The van der Waals surface area contributed by atoms with Gasteiger partial charge >= 0.3 is 0 Å². The monoisotopic (exact) mass is 485 g/mol. The van der Waals surface area contributed by atoms with Crippen LogP contribution in [-0.2, 0) is 0 Å². The van der Waals surface area contributed by atoms with Crippen molar-refractivity contribution in [3.8, 4) is 17.0 Å². The smallest absolute Gasteiger partial charge is 0.274 e. The summed E-state index contributed by atoms with van der Waals surface area (Å²) < 4.78 is 7.30. The SMILES string of the molecule is Cc1c(C(=O)NC(c2ccccc2)c2ccccc2)nnn1-c1ccc2noc(-c3ccccc3)c2c1. The van der Waals surface area contributed by atoms with Crippen molar-refractivity contribution in [2.45, 2.75) is 13.0 Å². The highest BCUT2D eigenvalue weighted by molar-refractivity contribution is 5.94. The molecule has 2 aromatic heterocycles. The molecule has 37 heavy (non-hydrogen) atoms. The van der Waals surface area contributed by atoms with Gasteiger partial charge in [-0.25, -0.2) is 4.68 Å². The van der Waals surface area contributed by atoms with Crippen LogP contribution < -0.4 is 5.32 Å². The van der Waals surface area contributed by atoms with E-state index in [2.05, 4.69) is 20.8 Å². The van der Waals surface area contributed by atoms with E-state index in [1.807, 2.05) is 116 Å². The summed E-state index contributed by atoms with van der Waals surface area (Å²) in [7, 11) is 0. The van der Waals surface area contributed by atoms with E-state index in [1.54, 1.807) is 4.68 Å². The summed E-state index contributed by atoms with van der Waals surface area (Å²) in [5.41, 5.74) is 5.31. The Labute approximate surface area is 213 Å². The highest BCUT2D eigenvalue weighted by Crippen LogP contribution is 2.30. The number of aromatic nitrogens is 4. The number of rotatable bonds is 6. The molecule has 6 aromatic rings. The summed E-state index contributed by atoms with van der Waals surface area (Å²) in [6.07, 6.45) is 0. The Morgan fingerprint density at radius 3 is 2.11 bits per heavy atom. The van der Waals surface area contributed by atoms with Gasteiger partial charge in [-0.05, 0) is 36.2 Å². The number of carbonyl (C=O) groups excluding carboxylic acids is 1. The van der Waals surface area contributed by atoms with Crippen LogP contribution in [0.15, 0.2) is 114 Å². The molecule has 0 aliphatic carbocycles. The van der Waals surface area contributed by atoms with Crippen molar-refractivity contribution in [1.29, 1.82) is 0 Å². The van der Waals surface area contributed by atoms with E-state index >= 15 is 0 Å². The Hall–Kier alpha value is -5.04. The fraction of sp³-hybridized carbons (Fsp3) is 0.0667. The molecule has 0 unspecified atom stereocenters. The standard InChI is InChI=1S/C30H23N5O2/c1-20-27(30(36)31-28(21-11-5-2-6-12-21)22-13-7-3-8-14-22)32-34-35(20)24-17-18-26-25(19-24)29(37-33-26)23-15-9-4-10-16-23/h2-19,28H,1H3,(H,31,36). The number of nitrogens with zero attached hydrogens (tertiary/aromatic N) is 4. The van der Waals surface area contributed by atoms with E-state index < -0.39 is 0 Å². The number of hydrogen-bond acceptors (Lipinski definition) is 5. The lowest BCUT2D eigenvalue weighted by Crippen LogP contribution is -2.30. The molecule has 0 saturated carbocycles. The minimum Gasteiger partial charge on any atom is -0.355 e. The average Bonchev–Trinajstić information content (AvgIpc) is 3.56. The molecular formula is C30H23N5O2. The zero-order valence-corrected chi connectivity index (χ0v) is 20.1. The van der Waals surface area contributed by atoms with Gasteiger partial charge in [-0.15, -0.1) is 5.10 Å². The third-order valence-electron chi connectivity index (χ3n) is 6.39. The topological polar surface area (TPSA) is 85.8 Å². The number of amides is 1. The molecule has 180 valence electrons. The molecule has 1 amide bonds. The molecule has 6 rings (SSSR count). The fourth-order valence-corrected chi connectivity index (χ4v) is 4.49. The van der Waals surface area contributed by atoms with E-state index in [9.17, 15) is 4.79 Å². The quantitative estimate of drug-likeness (QED) is 0.317. The Morgan fingerprint density at radius 1 is 0.838 bits per heavy atom. The van der Waals surface area contributed by atoms with Gasteiger partial charge in [0.1, 0.15) is 5.52 Å². The van der Waals surface area contributed by atoms with Crippen LogP contribution in [0, 0.1) is 6.92 Å². The van der Waals surface area contributed by atoms with Gasteiger partial charge in [0.25, 0.3) is 5.91 Å². The van der Waals surface area contributed by atoms with Crippen molar-refractivity contribution in [2.24, 2.45) is 0 Å². The maximum Gasteiger partial charge on any atom is 0.274 e. The molecule has 0 spiro atoms. The molecule has 0 saturated heterocycles. The summed E-state index contributed by atoms with van der Waals surface area (Å²) in [5.74, 6) is 0.388. The maximum atomic E-state index is 13.4. The molecule has 2 heterocycles. The molecule has 4 aromatic carbocycles. The molecular weight excluding hydrogens is 462 g/mol. The third kappa shape index (κ3) is 4.27. The summed E-state index contributed by atoms with van der Waals surface area (Å²) in [6, 6.07) is 35.0. The molecule has 7 heteroatoms. The molecule has 7 nitrogen and oxygen atoms in total. The Morgan fingerprint density at radius 2 is 1.46 bits per heavy atom. The maximum absolute atomic E-state index is 13.4. The fourth-order valence-electron chi connectivity index (χ4n) is 4.49. The predicted molar refractivity (Wildman–Crippen MR) is 141 cm³/mol. The van der Waals surface area contributed by atoms with Gasteiger partial charge in [-0.2, -0.15) is 0 Å². The lowest BCUT2D eigenvalue weighted by Gasteiger charge is -2.19.